The van der Waals surface area contributed by atoms with E-state index in [-0.39, 0.29) is 11.4 Å². The number of benzene rings is 2. The van der Waals surface area contributed by atoms with Gasteiger partial charge < -0.3 is 4.98 Å². The molecule has 0 amide bonds. The lowest BCUT2D eigenvalue weighted by molar-refractivity contribution is -0.138. The average molecular weight is 530 g/mol. The zero-order valence-corrected chi connectivity index (χ0v) is 19.7. The molecule has 4 aromatic rings. The molecule has 0 aliphatic carbocycles. The molecular weight excluding hydrogens is 510 g/mol. The molecule has 196 valence electrons. The maximum atomic E-state index is 12.8. The number of halogens is 6. The Morgan fingerprint density at radius 2 is 1.42 bits per heavy atom. The Morgan fingerprint density at radius 1 is 0.816 bits per heavy atom. The number of hydrogen-bond donors (Lipinski definition) is 1. The summed E-state index contributed by atoms with van der Waals surface area (Å²) in [6.07, 6.45) is -6.71. The monoisotopic (exact) mass is 530 g/mol. The molecule has 0 fully saturated rings. The van der Waals surface area contributed by atoms with Crippen LogP contribution < -0.4 is 5.56 Å². The molecule has 1 aliphatic rings. The van der Waals surface area contributed by atoms with Gasteiger partial charge in [0.15, 0.2) is 0 Å². The number of nitrogens with zero attached hydrogens (tertiary/aromatic N) is 3. The molecule has 3 heterocycles. The van der Waals surface area contributed by atoms with Crippen molar-refractivity contribution in [3.8, 4) is 22.6 Å². The number of nitrogens with one attached hydrogen (secondary N) is 1. The predicted molar refractivity (Wildman–Crippen MR) is 128 cm³/mol. The van der Waals surface area contributed by atoms with Crippen LogP contribution in [0.15, 0.2) is 71.7 Å². The molecule has 38 heavy (non-hydrogen) atoms. The summed E-state index contributed by atoms with van der Waals surface area (Å²) in [6.45, 7) is 1.45. The van der Waals surface area contributed by atoms with Gasteiger partial charge in [-0.15, -0.1) is 0 Å². The lowest BCUT2D eigenvalue weighted by Crippen LogP contribution is -2.35. The van der Waals surface area contributed by atoms with Gasteiger partial charge in [-0.1, -0.05) is 30.3 Å². The largest absolute Gasteiger partial charge is 0.416 e. The summed E-state index contributed by atoms with van der Waals surface area (Å²) in [7, 11) is 0. The van der Waals surface area contributed by atoms with E-state index in [0.29, 0.717) is 54.1 Å². The SMILES string of the molecule is O=c1[nH]c(-c2ccc(C(F)(F)F)cc2)nc2c1CN(Cc1ccc(-c3ccc(C(F)(F)F)cc3)nc1)CC2. The number of H-pyrrole nitrogens is 1. The molecule has 2 aromatic carbocycles. The molecule has 0 spiro atoms. The number of fused-ring (bicyclic) bond motifs is 1. The van der Waals surface area contributed by atoms with Crippen molar-refractivity contribution in [2.45, 2.75) is 31.9 Å². The summed E-state index contributed by atoms with van der Waals surface area (Å²) in [6, 6.07) is 12.8. The van der Waals surface area contributed by atoms with Crippen molar-refractivity contribution in [1.29, 1.82) is 0 Å². The van der Waals surface area contributed by atoms with E-state index in [9.17, 15) is 31.1 Å². The maximum absolute atomic E-state index is 12.8. The lowest BCUT2D eigenvalue weighted by atomic mass is 10.0. The Balaban J connectivity index is 1.27. The van der Waals surface area contributed by atoms with Crippen LogP contribution in [-0.4, -0.2) is 26.4 Å². The van der Waals surface area contributed by atoms with Gasteiger partial charge in [0, 0.05) is 43.4 Å². The Kier molecular flexibility index (Phi) is 6.56. The molecule has 2 aromatic heterocycles. The van der Waals surface area contributed by atoms with Gasteiger partial charge in [-0.05, 0) is 35.9 Å². The van der Waals surface area contributed by atoms with Crippen molar-refractivity contribution in [3.05, 3.63) is 105 Å². The van der Waals surface area contributed by atoms with Crippen LogP contribution in [0, 0.1) is 0 Å². The van der Waals surface area contributed by atoms with Gasteiger partial charge in [-0.2, -0.15) is 26.3 Å². The van der Waals surface area contributed by atoms with Crippen LogP contribution in [0.5, 0.6) is 0 Å². The molecule has 0 saturated heterocycles. The minimum atomic E-state index is -4.45. The summed E-state index contributed by atoms with van der Waals surface area (Å²) in [4.78, 5) is 26.4. The fourth-order valence-electron chi connectivity index (χ4n) is 4.35. The molecule has 1 aliphatic heterocycles. The predicted octanol–water partition coefficient (Wildman–Crippen LogP) is 6.09. The molecule has 5 nitrogen and oxygen atoms in total. The molecule has 0 bridgehead atoms. The first-order valence-corrected chi connectivity index (χ1v) is 11.6. The highest BCUT2D eigenvalue weighted by atomic mass is 19.4. The van der Waals surface area contributed by atoms with Crippen LogP contribution in [0.3, 0.4) is 0 Å². The van der Waals surface area contributed by atoms with E-state index >= 15 is 0 Å². The Morgan fingerprint density at radius 3 is 1.97 bits per heavy atom. The van der Waals surface area contributed by atoms with Crippen LogP contribution in [0.4, 0.5) is 26.3 Å². The summed E-state index contributed by atoms with van der Waals surface area (Å²) >= 11 is 0. The highest BCUT2D eigenvalue weighted by Gasteiger charge is 2.31. The first-order valence-electron chi connectivity index (χ1n) is 11.6. The molecule has 11 heteroatoms. The number of hydrogen-bond acceptors (Lipinski definition) is 4. The smallest absolute Gasteiger partial charge is 0.306 e. The minimum Gasteiger partial charge on any atom is -0.306 e. The minimum absolute atomic E-state index is 0.221. The molecule has 0 saturated carbocycles. The summed E-state index contributed by atoms with van der Waals surface area (Å²) in [5, 5.41) is 0. The van der Waals surface area contributed by atoms with Gasteiger partial charge in [0.1, 0.15) is 5.82 Å². The van der Waals surface area contributed by atoms with Crippen molar-refractivity contribution >= 4 is 0 Å². The van der Waals surface area contributed by atoms with Gasteiger partial charge in [-0.3, -0.25) is 14.7 Å². The third-order valence-electron chi connectivity index (χ3n) is 6.37. The lowest BCUT2D eigenvalue weighted by Gasteiger charge is -2.27. The van der Waals surface area contributed by atoms with Crippen LogP contribution in [-0.2, 0) is 31.9 Å². The van der Waals surface area contributed by atoms with E-state index in [4.69, 9.17) is 0 Å². The van der Waals surface area contributed by atoms with Crippen molar-refractivity contribution in [2.24, 2.45) is 0 Å². The van der Waals surface area contributed by atoms with Gasteiger partial charge in [0.05, 0.1) is 28.1 Å². The summed E-state index contributed by atoms with van der Waals surface area (Å²) < 4.78 is 76.8. The molecule has 1 N–H and O–H groups in total. The van der Waals surface area contributed by atoms with E-state index in [0.717, 1.165) is 29.8 Å². The van der Waals surface area contributed by atoms with Crippen molar-refractivity contribution in [3.63, 3.8) is 0 Å². The second kappa shape index (κ2) is 9.71. The molecule has 0 unspecified atom stereocenters. The van der Waals surface area contributed by atoms with Crippen LogP contribution in [0.2, 0.25) is 0 Å². The van der Waals surface area contributed by atoms with E-state index in [1.165, 1.54) is 24.3 Å². The molecule has 0 radical (unpaired) electrons. The number of rotatable bonds is 4. The van der Waals surface area contributed by atoms with Crippen LogP contribution in [0.1, 0.15) is 27.9 Å². The number of pyridine rings is 1. The zero-order chi connectivity index (χ0) is 27.1. The Hall–Kier alpha value is -3.99. The van der Waals surface area contributed by atoms with Crippen LogP contribution >= 0.6 is 0 Å². The van der Waals surface area contributed by atoms with E-state index in [1.54, 1.807) is 12.3 Å². The zero-order valence-electron chi connectivity index (χ0n) is 19.7. The highest BCUT2D eigenvalue weighted by molar-refractivity contribution is 5.59. The fraction of sp³-hybridized carbons (Fsp3) is 0.222. The van der Waals surface area contributed by atoms with E-state index in [2.05, 4.69) is 15.0 Å². The Labute approximate surface area is 212 Å². The molecular formula is C27H20F6N4O. The average Bonchev–Trinajstić information content (AvgIpc) is 2.88. The van der Waals surface area contributed by atoms with E-state index < -0.39 is 23.5 Å². The van der Waals surface area contributed by atoms with Gasteiger partial charge in [0.2, 0.25) is 0 Å². The standard InChI is InChI=1S/C27H20F6N4O/c28-26(29,30)19-6-2-17(3-7-19)22-10-1-16(13-34-22)14-37-12-11-23-21(15-37)25(38)36-24(35-23)18-4-8-20(9-5-18)27(31,32)33/h1-10,13H,11-12,14-15H2,(H,35,36,38). The number of aromatic amines is 1. The maximum Gasteiger partial charge on any atom is 0.416 e. The first-order chi connectivity index (χ1) is 18.0. The van der Waals surface area contributed by atoms with Crippen LogP contribution in [0.25, 0.3) is 22.6 Å². The second-order valence-corrected chi connectivity index (χ2v) is 9.00. The normalized spacial score (nSPS) is 14.4. The first kappa shape index (κ1) is 25.7. The Bertz CT molecular complexity index is 1490. The quantitative estimate of drug-likeness (QED) is 0.324. The van der Waals surface area contributed by atoms with E-state index in [1.807, 2.05) is 11.0 Å². The topological polar surface area (TPSA) is 61.9 Å². The van der Waals surface area contributed by atoms with Gasteiger partial charge in [-0.25, -0.2) is 4.98 Å². The number of alkyl halides is 6. The van der Waals surface area contributed by atoms with Gasteiger partial charge >= 0.3 is 12.4 Å². The number of aromatic nitrogens is 3. The summed E-state index contributed by atoms with van der Waals surface area (Å²) in [5.74, 6) is 0.221. The second-order valence-electron chi connectivity index (χ2n) is 9.00. The molecule has 0 atom stereocenters. The third kappa shape index (κ3) is 5.47. The van der Waals surface area contributed by atoms with Gasteiger partial charge in [0.25, 0.3) is 5.56 Å². The van der Waals surface area contributed by atoms with Crippen molar-refractivity contribution in [1.82, 2.24) is 19.9 Å². The van der Waals surface area contributed by atoms with Crippen molar-refractivity contribution < 1.29 is 26.3 Å². The highest BCUT2D eigenvalue weighted by Crippen LogP contribution is 2.32. The summed E-state index contributed by atoms with van der Waals surface area (Å²) in [5.41, 5.74) is 1.64. The fourth-order valence-corrected chi connectivity index (χ4v) is 4.35. The third-order valence-corrected chi connectivity index (χ3v) is 6.37. The molecule has 5 rings (SSSR count). The van der Waals surface area contributed by atoms with Crippen molar-refractivity contribution in [2.75, 3.05) is 6.54 Å².